The fourth-order valence-corrected chi connectivity index (χ4v) is 3.61. The molecule has 0 saturated heterocycles. The molecule has 2 aromatic carbocycles. The number of nitrogens with one attached hydrogen (secondary N) is 1. The smallest absolute Gasteiger partial charge is 0.419 e. The van der Waals surface area contributed by atoms with E-state index in [1.807, 2.05) is 32.0 Å². The zero-order valence-corrected chi connectivity index (χ0v) is 17.8. The van der Waals surface area contributed by atoms with Crippen LogP contribution in [0.2, 0.25) is 0 Å². The number of amides is 1. The molecule has 168 valence electrons. The first-order valence-electron chi connectivity index (χ1n) is 10.2. The lowest BCUT2D eigenvalue weighted by Gasteiger charge is -2.26. The highest BCUT2D eigenvalue weighted by Gasteiger charge is 2.24. The molecule has 0 fully saturated rings. The number of nitrogens with zero attached hydrogens (tertiary/aromatic N) is 2. The zero-order valence-electron chi connectivity index (χ0n) is 17.8. The largest absolute Gasteiger partial charge is 0.454 e. The molecule has 1 aromatic heterocycles. The van der Waals surface area contributed by atoms with Gasteiger partial charge in [0.1, 0.15) is 0 Å². The Labute approximate surface area is 182 Å². The number of nitro groups is 1. The van der Waals surface area contributed by atoms with Gasteiger partial charge in [0.25, 0.3) is 5.69 Å². The minimum absolute atomic E-state index is 0.129. The van der Waals surface area contributed by atoms with Gasteiger partial charge in [-0.15, -0.1) is 0 Å². The molecule has 0 spiro atoms. The van der Waals surface area contributed by atoms with Crippen molar-refractivity contribution in [2.24, 2.45) is 0 Å². The summed E-state index contributed by atoms with van der Waals surface area (Å²) >= 11 is 0. The molecule has 1 aliphatic rings. The van der Waals surface area contributed by atoms with Crippen LogP contribution in [0.3, 0.4) is 0 Å². The number of carbonyl (C=O) groups is 1. The number of aryl methyl sites for hydroxylation is 1. The van der Waals surface area contributed by atoms with E-state index in [0.717, 1.165) is 5.56 Å². The van der Waals surface area contributed by atoms with E-state index in [1.165, 1.54) is 22.8 Å². The van der Waals surface area contributed by atoms with Crippen molar-refractivity contribution >= 4 is 22.7 Å². The van der Waals surface area contributed by atoms with Gasteiger partial charge >= 0.3 is 5.76 Å². The Morgan fingerprint density at radius 1 is 1.19 bits per heavy atom. The number of hydrogen-bond donors (Lipinski definition) is 1. The van der Waals surface area contributed by atoms with Gasteiger partial charge in [0.2, 0.25) is 12.7 Å². The molecule has 1 N–H and O–H groups in total. The van der Waals surface area contributed by atoms with Gasteiger partial charge in [-0.1, -0.05) is 19.9 Å². The number of benzene rings is 2. The van der Waals surface area contributed by atoms with Gasteiger partial charge in [0.05, 0.1) is 16.5 Å². The number of non-ortho nitro benzene ring substituents is 1. The van der Waals surface area contributed by atoms with Crippen LogP contribution < -0.4 is 20.5 Å². The molecular weight excluding hydrogens is 418 g/mol. The van der Waals surface area contributed by atoms with Crippen LogP contribution in [0.4, 0.5) is 5.69 Å². The fraction of sp³-hybridized carbons (Fsp3) is 0.364. The topological polar surface area (TPSA) is 126 Å². The lowest BCUT2D eigenvalue weighted by atomic mass is 9.84. The zero-order chi connectivity index (χ0) is 22.9. The van der Waals surface area contributed by atoms with E-state index in [-0.39, 0.29) is 42.4 Å². The monoisotopic (exact) mass is 441 g/mol. The van der Waals surface area contributed by atoms with E-state index in [1.54, 1.807) is 0 Å². The molecular formula is C22H23N3O7. The predicted octanol–water partition coefficient (Wildman–Crippen LogP) is 3.11. The molecule has 10 nitrogen and oxygen atoms in total. The third-order valence-corrected chi connectivity index (χ3v) is 5.53. The standard InChI is InChI=1S/C22H23N3O7/c1-22(2,14-5-8-17-19(10-14)31-13-30-17)12-23-20(26)4-3-9-24-16-7-6-15(25(28)29)11-18(16)32-21(24)27/h5-8,10-11H,3-4,9,12-13H2,1-2H3,(H,23,26). The number of fused-ring (bicyclic) bond motifs is 2. The summed E-state index contributed by atoms with van der Waals surface area (Å²) in [6.07, 6.45) is 0.644. The predicted molar refractivity (Wildman–Crippen MR) is 115 cm³/mol. The summed E-state index contributed by atoms with van der Waals surface area (Å²) in [7, 11) is 0. The summed E-state index contributed by atoms with van der Waals surface area (Å²) in [4.78, 5) is 34.8. The number of oxazole rings is 1. The van der Waals surface area contributed by atoms with Gasteiger partial charge in [-0.25, -0.2) is 4.79 Å². The molecule has 0 unspecified atom stereocenters. The SMILES string of the molecule is CC(C)(CNC(=O)CCCn1c(=O)oc2cc([N+](=O)[O-])ccc21)c1ccc2c(c1)OCO2. The molecule has 32 heavy (non-hydrogen) atoms. The van der Waals surface area contributed by atoms with Crippen LogP contribution >= 0.6 is 0 Å². The first kappa shape index (κ1) is 21.4. The second-order valence-electron chi connectivity index (χ2n) is 8.26. The van der Waals surface area contributed by atoms with Crippen LogP contribution in [-0.4, -0.2) is 28.7 Å². The van der Waals surface area contributed by atoms with Gasteiger partial charge in [-0.2, -0.15) is 0 Å². The average Bonchev–Trinajstić information content (AvgIpc) is 3.35. The normalized spacial score (nSPS) is 12.8. The summed E-state index contributed by atoms with van der Waals surface area (Å²) in [6.45, 7) is 4.97. The van der Waals surface area contributed by atoms with Crippen LogP contribution in [0.15, 0.2) is 45.6 Å². The Morgan fingerprint density at radius 3 is 2.75 bits per heavy atom. The first-order valence-corrected chi connectivity index (χ1v) is 10.2. The molecule has 4 rings (SSSR count). The summed E-state index contributed by atoms with van der Waals surface area (Å²) in [5.74, 6) is 0.676. The van der Waals surface area contributed by atoms with Crippen molar-refractivity contribution < 1.29 is 23.6 Å². The van der Waals surface area contributed by atoms with Crippen LogP contribution in [-0.2, 0) is 16.8 Å². The third-order valence-electron chi connectivity index (χ3n) is 5.53. The number of nitro benzene ring substituents is 1. The second-order valence-corrected chi connectivity index (χ2v) is 8.26. The summed E-state index contributed by atoms with van der Waals surface area (Å²) in [5, 5.41) is 13.8. The summed E-state index contributed by atoms with van der Waals surface area (Å²) < 4.78 is 17.2. The molecule has 2 heterocycles. The van der Waals surface area contributed by atoms with Gasteiger partial charge in [0, 0.05) is 31.0 Å². The van der Waals surface area contributed by atoms with E-state index in [4.69, 9.17) is 13.9 Å². The molecule has 0 bridgehead atoms. The quantitative estimate of drug-likeness (QED) is 0.420. The molecule has 0 atom stereocenters. The molecule has 10 heteroatoms. The molecule has 1 aliphatic heterocycles. The van der Waals surface area contributed by atoms with Crippen molar-refractivity contribution in [2.45, 2.75) is 38.6 Å². The average molecular weight is 441 g/mol. The number of ether oxygens (including phenoxy) is 2. The van der Waals surface area contributed by atoms with E-state index in [9.17, 15) is 19.7 Å². The van der Waals surface area contributed by atoms with Crippen LogP contribution in [0.1, 0.15) is 32.3 Å². The van der Waals surface area contributed by atoms with Gasteiger partial charge in [-0.05, 0) is 30.2 Å². The van der Waals surface area contributed by atoms with Gasteiger partial charge in [0.15, 0.2) is 17.1 Å². The maximum Gasteiger partial charge on any atom is 0.419 e. The van der Waals surface area contributed by atoms with Crippen molar-refractivity contribution in [1.29, 1.82) is 0 Å². The van der Waals surface area contributed by atoms with Crippen LogP contribution in [0.25, 0.3) is 11.1 Å². The summed E-state index contributed by atoms with van der Waals surface area (Å²) in [6, 6.07) is 9.77. The Balaban J connectivity index is 1.32. The lowest BCUT2D eigenvalue weighted by Crippen LogP contribution is -2.36. The molecule has 0 radical (unpaired) electrons. The van der Waals surface area contributed by atoms with E-state index in [2.05, 4.69) is 5.32 Å². The Morgan fingerprint density at radius 2 is 1.97 bits per heavy atom. The summed E-state index contributed by atoms with van der Waals surface area (Å²) in [5.41, 5.74) is 1.17. The Bertz CT molecular complexity index is 1240. The number of aromatic nitrogens is 1. The first-order chi connectivity index (χ1) is 15.2. The number of carbonyl (C=O) groups excluding carboxylic acids is 1. The van der Waals surface area contributed by atoms with Gasteiger partial charge in [-0.3, -0.25) is 19.5 Å². The highest BCUT2D eigenvalue weighted by molar-refractivity contribution is 5.77. The minimum atomic E-state index is -0.607. The van der Waals surface area contributed by atoms with Crippen molar-refractivity contribution in [3.63, 3.8) is 0 Å². The van der Waals surface area contributed by atoms with Crippen molar-refractivity contribution in [3.8, 4) is 11.5 Å². The maximum absolute atomic E-state index is 12.4. The van der Waals surface area contributed by atoms with E-state index >= 15 is 0 Å². The second kappa shape index (κ2) is 8.37. The molecule has 3 aromatic rings. The molecule has 0 saturated carbocycles. The Hall–Kier alpha value is -3.82. The van der Waals surface area contributed by atoms with Gasteiger partial charge < -0.3 is 19.2 Å². The fourth-order valence-electron chi connectivity index (χ4n) is 3.61. The maximum atomic E-state index is 12.4. The molecule has 1 amide bonds. The lowest BCUT2D eigenvalue weighted by molar-refractivity contribution is -0.384. The van der Waals surface area contributed by atoms with Crippen molar-refractivity contribution in [1.82, 2.24) is 9.88 Å². The van der Waals surface area contributed by atoms with Crippen molar-refractivity contribution in [3.05, 3.63) is 62.6 Å². The number of rotatable bonds is 8. The third kappa shape index (κ3) is 4.29. The van der Waals surface area contributed by atoms with E-state index in [0.29, 0.717) is 30.0 Å². The van der Waals surface area contributed by atoms with Crippen LogP contribution in [0, 0.1) is 10.1 Å². The highest BCUT2D eigenvalue weighted by Crippen LogP contribution is 2.36. The highest BCUT2D eigenvalue weighted by atomic mass is 16.7. The number of hydrogen-bond acceptors (Lipinski definition) is 7. The van der Waals surface area contributed by atoms with Crippen LogP contribution in [0.5, 0.6) is 11.5 Å². The van der Waals surface area contributed by atoms with E-state index < -0.39 is 10.7 Å². The van der Waals surface area contributed by atoms with Crippen molar-refractivity contribution in [2.75, 3.05) is 13.3 Å². The minimum Gasteiger partial charge on any atom is -0.454 e. The Kier molecular flexibility index (Phi) is 5.60. The molecule has 0 aliphatic carbocycles.